The second kappa shape index (κ2) is 11.0. The van der Waals surface area contributed by atoms with Crippen molar-refractivity contribution in [2.45, 2.75) is 0 Å². The van der Waals surface area contributed by atoms with Gasteiger partial charge >= 0.3 is 0 Å². The van der Waals surface area contributed by atoms with Gasteiger partial charge in [-0.05, 0) is 86.6 Å². The standard InChI is InChI=1S/C40H29N/c1-4-13-32(14-5-1)40-29-33(25-28-39(40)38-22-12-16-31-15-10-11-21-37(31)38)30-23-26-36(27-24-30)41(34-17-6-2-7-18-34)35-19-8-3-9-20-35/h1-29H. The van der Waals surface area contributed by atoms with Crippen molar-refractivity contribution in [2.75, 3.05) is 4.90 Å². The van der Waals surface area contributed by atoms with E-state index in [2.05, 4.69) is 181 Å². The van der Waals surface area contributed by atoms with Gasteiger partial charge in [0, 0.05) is 17.1 Å². The molecule has 0 bridgehead atoms. The van der Waals surface area contributed by atoms with Crippen LogP contribution in [0, 0.1) is 0 Å². The number of anilines is 3. The number of rotatable bonds is 6. The SMILES string of the molecule is c1ccc(-c2cc(-c3ccc(N(c4ccccc4)c4ccccc4)cc3)ccc2-c2cccc3ccccc23)cc1. The number of hydrogen-bond acceptors (Lipinski definition) is 1. The molecule has 0 atom stereocenters. The molecule has 0 aromatic heterocycles. The molecular formula is C40H29N. The van der Waals surface area contributed by atoms with Gasteiger partial charge in [0.2, 0.25) is 0 Å². The molecule has 194 valence electrons. The highest BCUT2D eigenvalue weighted by Gasteiger charge is 2.14. The average Bonchev–Trinajstić information content (AvgIpc) is 3.06. The van der Waals surface area contributed by atoms with Gasteiger partial charge in [-0.25, -0.2) is 0 Å². The maximum absolute atomic E-state index is 2.34. The predicted octanol–water partition coefficient (Wildman–Crippen LogP) is 11.3. The predicted molar refractivity (Wildman–Crippen MR) is 175 cm³/mol. The van der Waals surface area contributed by atoms with E-state index in [1.165, 1.54) is 44.2 Å². The lowest BCUT2D eigenvalue weighted by molar-refractivity contribution is 1.28. The van der Waals surface area contributed by atoms with Gasteiger partial charge in [0.1, 0.15) is 0 Å². The molecule has 0 amide bonds. The smallest absolute Gasteiger partial charge is 0.0462 e. The molecule has 7 rings (SSSR count). The third-order valence-electron chi connectivity index (χ3n) is 7.67. The van der Waals surface area contributed by atoms with Gasteiger partial charge in [0.25, 0.3) is 0 Å². The van der Waals surface area contributed by atoms with Crippen molar-refractivity contribution in [3.8, 4) is 33.4 Å². The molecule has 1 heteroatoms. The summed E-state index contributed by atoms with van der Waals surface area (Å²) in [5.74, 6) is 0. The van der Waals surface area contributed by atoms with Gasteiger partial charge in [0.05, 0.1) is 0 Å². The van der Waals surface area contributed by atoms with Crippen LogP contribution in [0.4, 0.5) is 17.1 Å². The summed E-state index contributed by atoms with van der Waals surface area (Å²) in [7, 11) is 0. The second-order valence-electron chi connectivity index (χ2n) is 10.2. The zero-order chi connectivity index (χ0) is 27.4. The van der Waals surface area contributed by atoms with E-state index in [0.717, 1.165) is 17.1 Å². The van der Waals surface area contributed by atoms with Crippen LogP contribution in [0.15, 0.2) is 176 Å². The van der Waals surface area contributed by atoms with E-state index in [0.29, 0.717) is 0 Å². The minimum absolute atomic E-state index is 1.13. The van der Waals surface area contributed by atoms with Gasteiger partial charge < -0.3 is 4.90 Å². The summed E-state index contributed by atoms with van der Waals surface area (Å²) in [6.07, 6.45) is 0. The van der Waals surface area contributed by atoms with E-state index in [4.69, 9.17) is 0 Å². The molecule has 1 nitrogen and oxygen atoms in total. The summed E-state index contributed by atoms with van der Waals surface area (Å²) in [6, 6.07) is 62.8. The van der Waals surface area contributed by atoms with Crippen LogP contribution in [0.3, 0.4) is 0 Å². The fourth-order valence-electron chi connectivity index (χ4n) is 5.68. The van der Waals surface area contributed by atoms with Gasteiger partial charge in [-0.3, -0.25) is 0 Å². The summed E-state index contributed by atoms with van der Waals surface area (Å²) in [4.78, 5) is 2.29. The van der Waals surface area contributed by atoms with E-state index in [1.807, 2.05) is 0 Å². The van der Waals surface area contributed by atoms with Crippen molar-refractivity contribution < 1.29 is 0 Å². The van der Waals surface area contributed by atoms with Crippen LogP contribution >= 0.6 is 0 Å². The molecular weight excluding hydrogens is 494 g/mol. The molecule has 0 aliphatic rings. The molecule has 0 fully saturated rings. The molecule has 0 radical (unpaired) electrons. The Morgan fingerprint density at radius 3 is 1.51 bits per heavy atom. The highest BCUT2D eigenvalue weighted by Crippen LogP contribution is 2.40. The van der Waals surface area contributed by atoms with Gasteiger partial charge in [-0.1, -0.05) is 133 Å². The summed E-state index contributed by atoms with van der Waals surface area (Å²) in [5, 5.41) is 2.52. The third kappa shape index (κ3) is 4.90. The van der Waals surface area contributed by atoms with E-state index in [9.17, 15) is 0 Å². The lowest BCUT2D eigenvalue weighted by atomic mass is 9.89. The normalized spacial score (nSPS) is 10.9. The summed E-state index contributed by atoms with van der Waals surface area (Å²) < 4.78 is 0. The Morgan fingerprint density at radius 1 is 0.293 bits per heavy atom. The lowest BCUT2D eigenvalue weighted by Crippen LogP contribution is -2.09. The Bertz CT molecular complexity index is 1860. The number of nitrogens with zero attached hydrogens (tertiary/aromatic N) is 1. The molecule has 0 spiro atoms. The largest absolute Gasteiger partial charge is 0.311 e. The first-order valence-electron chi connectivity index (χ1n) is 14.0. The molecule has 0 aliphatic heterocycles. The maximum atomic E-state index is 2.34. The Kier molecular flexibility index (Phi) is 6.61. The molecule has 7 aromatic carbocycles. The first-order chi connectivity index (χ1) is 20.3. The lowest BCUT2D eigenvalue weighted by Gasteiger charge is -2.25. The van der Waals surface area contributed by atoms with Crippen LogP contribution in [-0.4, -0.2) is 0 Å². The Morgan fingerprint density at radius 2 is 0.829 bits per heavy atom. The van der Waals surface area contributed by atoms with Gasteiger partial charge in [0.15, 0.2) is 0 Å². The van der Waals surface area contributed by atoms with Crippen molar-refractivity contribution in [2.24, 2.45) is 0 Å². The average molecular weight is 524 g/mol. The summed E-state index contributed by atoms with van der Waals surface area (Å²) >= 11 is 0. The van der Waals surface area contributed by atoms with Crippen molar-refractivity contribution >= 4 is 27.8 Å². The monoisotopic (exact) mass is 523 g/mol. The molecule has 0 saturated carbocycles. The minimum atomic E-state index is 1.13. The number of fused-ring (bicyclic) bond motifs is 1. The van der Waals surface area contributed by atoms with Crippen molar-refractivity contribution in [1.82, 2.24) is 0 Å². The molecule has 7 aromatic rings. The number of benzene rings is 7. The molecule has 0 N–H and O–H groups in total. The fourth-order valence-corrected chi connectivity index (χ4v) is 5.68. The third-order valence-corrected chi connectivity index (χ3v) is 7.67. The van der Waals surface area contributed by atoms with E-state index in [1.54, 1.807) is 0 Å². The molecule has 0 unspecified atom stereocenters. The van der Waals surface area contributed by atoms with Crippen LogP contribution in [0.5, 0.6) is 0 Å². The zero-order valence-electron chi connectivity index (χ0n) is 22.7. The van der Waals surface area contributed by atoms with Crippen LogP contribution in [0.25, 0.3) is 44.2 Å². The van der Waals surface area contributed by atoms with Crippen molar-refractivity contribution in [1.29, 1.82) is 0 Å². The van der Waals surface area contributed by atoms with Crippen LogP contribution in [-0.2, 0) is 0 Å². The molecule has 0 aliphatic carbocycles. The van der Waals surface area contributed by atoms with E-state index < -0.39 is 0 Å². The van der Waals surface area contributed by atoms with Crippen LogP contribution in [0.1, 0.15) is 0 Å². The van der Waals surface area contributed by atoms with Gasteiger partial charge in [-0.15, -0.1) is 0 Å². The summed E-state index contributed by atoms with van der Waals surface area (Å²) in [5.41, 5.74) is 10.7. The molecule has 41 heavy (non-hydrogen) atoms. The second-order valence-corrected chi connectivity index (χ2v) is 10.2. The molecule has 0 saturated heterocycles. The molecule has 0 heterocycles. The number of para-hydroxylation sites is 2. The zero-order valence-corrected chi connectivity index (χ0v) is 22.7. The summed E-state index contributed by atoms with van der Waals surface area (Å²) in [6.45, 7) is 0. The van der Waals surface area contributed by atoms with Crippen molar-refractivity contribution in [3.63, 3.8) is 0 Å². The van der Waals surface area contributed by atoms with Gasteiger partial charge in [-0.2, -0.15) is 0 Å². The van der Waals surface area contributed by atoms with E-state index >= 15 is 0 Å². The maximum Gasteiger partial charge on any atom is 0.0462 e. The number of hydrogen-bond donors (Lipinski definition) is 0. The van der Waals surface area contributed by atoms with E-state index in [-0.39, 0.29) is 0 Å². The van der Waals surface area contributed by atoms with Crippen LogP contribution < -0.4 is 4.90 Å². The Balaban J connectivity index is 1.32. The minimum Gasteiger partial charge on any atom is -0.311 e. The first-order valence-corrected chi connectivity index (χ1v) is 14.0. The van der Waals surface area contributed by atoms with Crippen molar-refractivity contribution in [3.05, 3.63) is 176 Å². The Hall–Kier alpha value is -5.40. The highest BCUT2D eigenvalue weighted by molar-refractivity contribution is 6.01. The van der Waals surface area contributed by atoms with Crippen LogP contribution in [0.2, 0.25) is 0 Å². The fraction of sp³-hybridized carbons (Fsp3) is 0. The Labute approximate surface area is 241 Å². The highest BCUT2D eigenvalue weighted by atomic mass is 15.1. The topological polar surface area (TPSA) is 3.24 Å². The quantitative estimate of drug-likeness (QED) is 0.209. The first kappa shape index (κ1) is 24.6.